The molecule has 1 heterocycles. The molecule has 0 saturated carbocycles. The van der Waals surface area contributed by atoms with Crippen LogP contribution in [0.1, 0.15) is 31.9 Å². The van der Waals surface area contributed by atoms with Gasteiger partial charge in [0.1, 0.15) is 0 Å². The Bertz CT molecular complexity index is 527. The summed E-state index contributed by atoms with van der Waals surface area (Å²) in [6, 6.07) is 3.30. The first-order valence-electron chi connectivity index (χ1n) is 5.98. The number of pyridine rings is 1. The minimum absolute atomic E-state index is 0.239. The molecule has 0 bridgehead atoms. The van der Waals surface area contributed by atoms with Gasteiger partial charge in [-0.25, -0.2) is 8.42 Å². The van der Waals surface area contributed by atoms with Crippen molar-refractivity contribution in [2.45, 2.75) is 31.1 Å². The van der Waals surface area contributed by atoms with E-state index in [-0.39, 0.29) is 4.90 Å². The minimum atomic E-state index is -3.18. The first kappa shape index (κ1) is 14.6. The number of allylic oxidation sites excluding steroid dienone is 3. The maximum absolute atomic E-state index is 11.3. The van der Waals surface area contributed by atoms with Crippen LogP contribution in [0.5, 0.6) is 0 Å². The Morgan fingerprint density at radius 1 is 1.44 bits per heavy atom. The lowest BCUT2D eigenvalue weighted by atomic mass is 10.1. The van der Waals surface area contributed by atoms with Gasteiger partial charge in [-0.2, -0.15) is 0 Å². The first-order valence-corrected chi connectivity index (χ1v) is 7.87. The van der Waals surface area contributed by atoms with Gasteiger partial charge in [0, 0.05) is 12.5 Å². The molecular weight excluding hydrogens is 246 g/mol. The highest BCUT2D eigenvalue weighted by atomic mass is 32.2. The van der Waals surface area contributed by atoms with E-state index in [1.54, 1.807) is 18.2 Å². The van der Waals surface area contributed by atoms with Crippen LogP contribution in [0.4, 0.5) is 0 Å². The number of rotatable bonds is 6. The molecule has 98 valence electrons. The number of hydrogen-bond acceptors (Lipinski definition) is 3. The molecule has 0 unspecified atom stereocenters. The van der Waals surface area contributed by atoms with Crippen molar-refractivity contribution in [3.63, 3.8) is 0 Å². The summed E-state index contributed by atoms with van der Waals surface area (Å²) in [5.41, 5.74) is 1.71. The lowest BCUT2D eigenvalue weighted by Crippen LogP contribution is -1.98. The maximum Gasteiger partial charge on any atom is 0.177 e. The maximum atomic E-state index is 11.3. The molecule has 3 nitrogen and oxygen atoms in total. The average Bonchev–Trinajstić information content (AvgIpc) is 2.34. The summed E-state index contributed by atoms with van der Waals surface area (Å²) in [5.74, 6) is 0. The molecule has 0 aliphatic heterocycles. The van der Waals surface area contributed by atoms with Crippen LogP contribution in [0.15, 0.2) is 42.0 Å². The summed E-state index contributed by atoms with van der Waals surface area (Å²) in [7, 11) is -3.18. The number of hydrogen-bond donors (Lipinski definition) is 0. The summed E-state index contributed by atoms with van der Waals surface area (Å²) in [6.45, 7) is 5.90. The van der Waals surface area contributed by atoms with E-state index in [2.05, 4.69) is 24.6 Å². The lowest BCUT2D eigenvalue weighted by Gasteiger charge is -2.03. The van der Waals surface area contributed by atoms with Crippen LogP contribution >= 0.6 is 0 Å². The molecule has 0 N–H and O–H groups in total. The van der Waals surface area contributed by atoms with E-state index in [1.165, 1.54) is 12.5 Å². The van der Waals surface area contributed by atoms with Crippen molar-refractivity contribution in [1.82, 2.24) is 4.98 Å². The third-order valence-electron chi connectivity index (χ3n) is 2.60. The Labute approximate surface area is 109 Å². The fourth-order valence-electron chi connectivity index (χ4n) is 1.52. The molecule has 0 spiro atoms. The monoisotopic (exact) mass is 265 g/mol. The summed E-state index contributed by atoms with van der Waals surface area (Å²) in [5, 5.41) is 0. The Morgan fingerprint density at radius 3 is 2.61 bits per heavy atom. The van der Waals surface area contributed by atoms with Crippen molar-refractivity contribution >= 4 is 15.4 Å². The average molecular weight is 265 g/mol. The van der Waals surface area contributed by atoms with Gasteiger partial charge < -0.3 is 0 Å². The van der Waals surface area contributed by atoms with Gasteiger partial charge >= 0.3 is 0 Å². The SMILES string of the molecule is C=CC(=CCCCC)c1ccc(S(C)(=O)=O)cn1. The third kappa shape index (κ3) is 4.11. The molecule has 0 atom stereocenters. The van der Waals surface area contributed by atoms with Gasteiger partial charge in [0.25, 0.3) is 0 Å². The Morgan fingerprint density at radius 2 is 2.17 bits per heavy atom. The van der Waals surface area contributed by atoms with E-state index < -0.39 is 9.84 Å². The van der Waals surface area contributed by atoms with E-state index in [9.17, 15) is 8.42 Å². The van der Waals surface area contributed by atoms with E-state index in [0.717, 1.165) is 30.5 Å². The lowest BCUT2D eigenvalue weighted by molar-refractivity contribution is 0.601. The van der Waals surface area contributed by atoms with Crippen molar-refractivity contribution in [2.24, 2.45) is 0 Å². The Hall–Kier alpha value is -1.42. The molecular formula is C14H19NO2S. The highest BCUT2D eigenvalue weighted by Gasteiger charge is 2.07. The molecule has 0 aliphatic carbocycles. The van der Waals surface area contributed by atoms with Crippen molar-refractivity contribution in [3.05, 3.63) is 42.8 Å². The molecule has 0 aliphatic rings. The number of nitrogens with zero attached hydrogens (tertiary/aromatic N) is 1. The van der Waals surface area contributed by atoms with Gasteiger partial charge in [0.2, 0.25) is 0 Å². The van der Waals surface area contributed by atoms with Gasteiger partial charge in [-0.1, -0.05) is 38.5 Å². The molecule has 0 saturated heterocycles. The van der Waals surface area contributed by atoms with Crippen molar-refractivity contribution in [1.29, 1.82) is 0 Å². The van der Waals surface area contributed by atoms with Gasteiger partial charge in [0.05, 0.1) is 10.6 Å². The molecule has 1 aromatic rings. The topological polar surface area (TPSA) is 47.0 Å². The van der Waals surface area contributed by atoms with Crippen molar-refractivity contribution < 1.29 is 8.42 Å². The normalized spacial score (nSPS) is 12.4. The fraction of sp³-hybridized carbons (Fsp3) is 0.357. The Kier molecular flexibility index (Phi) is 5.28. The largest absolute Gasteiger partial charge is 0.255 e. The second-order valence-corrected chi connectivity index (χ2v) is 6.17. The van der Waals surface area contributed by atoms with Crippen LogP contribution < -0.4 is 0 Å². The summed E-state index contributed by atoms with van der Waals surface area (Å²) >= 11 is 0. The van der Waals surface area contributed by atoms with Crippen LogP contribution in [0.25, 0.3) is 5.57 Å². The molecule has 0 fully saturated rings. The van der Waals surface area contributed by atoms with Crippen LogP contribution in [0.3, 0.4) is 0 Å². The smallest absolute Gasteiger partial charge is 0.177 e. The van der Waals surface area contributed by atoms with Crippen LogP contribution in [-0.4, -0.2) is 19.7 Å². The van der Waals surface area contributed by atoms with Crippen molar-refractivity contribution in [3.8, 4) is 0 Å². The van der Waals surface area contributed by atoms with E-state index in [0.29, 0.717) is 0 Å². The zero-order valence-corrected chi connectivity index (χ0v) is 11.7. The summed E-state index contributed by atoms with van der Waals surface area (Å²) < 4.78 is 22.6. The third-order valence-corrected chi connectivity index (χ3v) is 3.70. The van der Waals surface area contributed by atoms with Gasteiger partial charge in [-0.15, -0.1) is 0 Å². The van der Waals surface area contributed by atoms with E-state index in [1.807, 2.05) is 0 Å². The van der Waals surface area contributed by atoms with Crippen LogP contribution in [0.2, 0.25) is 0 Å². The van der Waals surface area contributed by atoms with Crippen molar-refractivity contribution in [2.75, 3.05) is 6.26 Å². The second kappa shape index (κ2) is 6.50. The quantitative estimate of drug-likeness (QED) is 0.586. The molecule has 18 heavy (non-hydrogen) atoms. The summed E-state index contributed by atoms with van der Waals surface area (Å²) in [4.78, 5) is 4.42. The highest BCUT2D eigenvalue weighted by molar-refractivity contribution is 7.90. The minimum Gasteiger partial charge on any atom is -0.255 e. The number of unbranched alkanes of at least 4 members (excludes halogenated alkanes) is 2. The first-order chi connectivity index (χ1) is 8.49. The fourth-order valence-corrected chi connectivity index (χ4v) is 2.08. The van der Waals surface area contributed by atoms with Gasteiger partial charge in [0.15, 0.2) is 9.84 Å². The standard InChI is InChI=1S/C14H19NO2S/c1-4-6-7-8-12(5-2)14-10-9-13(11-15-14)18(3,16)17/h5,8-11H,2,4,6-7H2,1,3H3. The highest BCUT2D eigenvalue weighted by Crippen LogP contribution is 2.16. The zero-order chi connectivity index (χ0) is 13.6. The van der Waals surface area contributed by atoms with E-state index >= 15 is 0 Å². The molecule has 1 aromatic heterocycles. The van der Waals surface area contributed by atoms with Gasteiger partial charge in [-0.05, 0) is 24.1 Å². The molecule has 0 radical (unpaired) electrons. The molecule has 4 heteroatoms. The predicted octanol–water partition coefficient (Wildman–Crippen LogP) is 3.24. The molecule has 0 aromatic carbocycles. The van der Waals surface area contributed by atoms with Crippen LogP contribution in [0, 0.1) is 0 Å². The zero-order valence-electron chi connectivity index (χ0n) is 10.9. The summed E-state index contributed by atoms with van der Waals surface area (Å²) in [6.07, 6.45) is 9.64. The predicted molar refractivity (Wildman–Crippen MR) is 75.0 cm³/mol. The molecule has 0 amide bonds. The van der Waals surface area contributed by atoms with Crippen LogP contribution in [-0.2, 0) is 9.84 Å². The molecule has 1 rings (SSSR count). The number of sulfone groups is 1. The van der Waals surface area contributed by atoms with E-state index in [4.69, 9.17) is 0 Å². The van der Waals surface area contributed by atoms with Gasteiger partial charge in [-0.3, -0.25) is 4.98 Å². The number of aromatic nitrogens is 1. The Balaban J connectivity index is 2.96. The second-order valence-electron chi connectivity index (χ2n) is 4.16.